The molecule has 1 heterocycles. The molecule has 0 spiro atoms. The summed E-state index contributed by atoms with van der Waals surface area (Å²) < 4.78 is 32.6. The summed E-state index contributed by atoms with van der Waals surface area (Å²) in [6.45, 7) is 4.57. The number of hydrogen-bond acceptors (Lipinski definition) is 2. The molecule has 2 rings (SSSR count). The van der Waals surface area contributed by atoms with Gasteiger partial charge in [-0.1, -0.05) is 15.9 Å². The van der Waals surface area contributed by atoms with E-state index in [0.29, 0.717) is 17.1 Å². The molecule has 1 atom stereocenters. The first kappa shape index (κ1) is 14.7. The van der Waals surface area contributed by atoms with Gasteiger partial charge in [-0.05, 0) is 44.9 Å². The first-order valence-corrected chi connectivity index (χ1v) is 7.38. The summed E-state index contributed by atoms with van der Waals surface area (Å²) in [5.74, 6) is -1.61. The van der Waals surface area contributed by atoms with Crippen molar-refractivity contribution in [2.75, 3.05) is 19.7 Å². The third-order valence-electron chi connectivity index (χ3n) is 3.49. The van der Waals surface area contributed by atoms with Crippen molar-refractivity contribution in [1.82, 2.24) is 4.90 Å². The van der Waals surface area contributed by atoms with Crippen molar-refractivity contribution >= 4 is 15.9 Å². The van der Waals surface area contributed by atoms with Crippen molar-refractivity contribution in [1.29, 1.82) is 0 Å². The maximum atomic E-state index is 13.5. The molecule has 0 radical (unpaired) electrons. The van der Waals surface area contributed by atoms with Crippen LogP contribution >= 0.6 is 15.9 Å². The van der Waals surface area contributed by atoms with Crippen LogP contribution < -0.4 is 4.74 Å². The maximum Gasteiger partial charge on any atom is 0.190 e. The summed E-state index contributed by atoms with van der Waals surface area (Å²) in [5, 5.41) is 0. The number of benzene rings is 1. The fourth-order valence-electron chi connectivity index (χ4n) is 2.43. The lowest BCUT2D eigenvalue weighted by molar-refractivity contribution is 0.221. The number of nitrogens with zero attached hydrogens (tertiary/aromatic N) is 1. The van der Waals surface area contributed by atoms with E-state index >= 15 is 0 Å². The Labute approximate surface area is 120 Å². The highest BCUT2D eigenvalue weighted by Gasteiger charge is 2.19. The maximum absolute atomic E-state index is 13.5. The van der Waals surface area contributed by atoms with E-state index in [1.165, 1.54) is 25.0 Å². The van der Waals surface area contributed by atoms with Crippen LogP contribution in [0.2, 0.25) is 0 Å². The van der Waals surface area contributed by atoms with Crippen molar-refractivity contribution < 1.29 is 13.5 Å². The Bertz CT molecular complexity index is 418. The Morgan fingerprint density at radius 1 is 1.37 bits per heavy atom. The summed E-state index contributed by atoms with van der Waals surface area (Å²) in [5.41, 5.74) is 0. The van der Waals surface area contributed by atoms with Crippen LogP contribution in [0.1, 0.15) is 26.2 Å². The molecule has 1 aromatic rings. The van der Waals surface area contributed by atoms with Crippen LogP contribution in [0.25, 0.3) is 0 Å². The van der Waals surface area contributed by atoms with Crippen LogP contribution in [0, 0.1) is 11.6 Å². The molecule has 0 saturated carbocycles. The third-order valence-corrected chi connectivity index (χ3v) is 3.95. The zero-order valence-electron chi connectivity index (χ0n) is 11.0. The minimum atomic E-state index is -0.665. The third kappa shape index (κ3) is 3.89. The molecule has 1 unspecified atom stereocenters. The first-order chi connectivity index (χ1) is 9.08. The zero-order chi connectivity index (χ0) is 13.8. The molecule has 0 amide bonds. The predicted molar refractivity (Wildman–Crippen MR) is 74.4 cm³/mol. The van der Waals surface area contributed by atoms with Gasteiger partial charge in [0.05, 0.1) is 6.61 Å². The molecule has 1 aromatic carbocycles. The van der Waals surface area contributed by atoms with Crippen LogP contribution in [-0.2, 0) is 0 Å². The van der Waals surface area contributed by atoms with E-state index in [-0.39, 0.29) is 5.75 Å². The Balaban J connectivity index is 1.80. The van der Waals surface area contributed by atoms with Gasteiger partial charge in [-0.25, -0.2) is 8.78 Å². The van der Waals surface area contributed by atoms with E-state index < -0.39 is 11.6 Å². The van der Waals surface area contributed by atoms with Gasteiger partial charge < -0.3 is 9.64 Å². The van der Waals surface area contributed by atoms with E-state index in [0.717, 1.165) is 19.5 Å². The molecular formula is C14H18BrF2NO. The zero-order valence-corrected chi connectivity index (χ0v) is 12.6. The van der Waals surface area contributed by atoms with Gasteiger partial charge in [-0.15, -0.1) is 0 Å². The Morgan fingerprint density at radius 2 is 2.05 bits per heavy atom. The molecule has 106 valence electrons. The van der Waals surface area contributed by atoms with E-state index in [1.54, 1.807) is 0 Å². The van der Waals surface area contributed by atoms with Gasteiger partial charge in [0.15, 0.2) is 17.4 Å². The normalized spacial score (nSPS) is 19.9. The molecule has 1 aliphatic rings. The molecule has 2 nitrogen and oxygen atoms in total. The van der Waals surface area contributed by atoms with E-state index in [2.05, 4.69) is 27.8 Å². The summed E-state index contributed by atoms with van der Waals surface area (Å²) >= 11 is 3.04. The Hall–Kier alpha value is -0.680. The van der Waals surface area contributed by atoms with Gasteiger partial charge in [0.25, 0.3) is 0 Å². The summed E-state index contributed by atoms with van der Waals surface area (Å²) in [7, 11) is 0. The summed E-state index contributed by atoms with van der Waals surface area (Å²) in [6, 6.07) is 3.03. The first-order valence-electron chi connectivity index (χ1n) is 6.59. The van der Waals surface area contributed by atoms with E-state index in [1.807, 2.05) is 0 Å². The van der Waals surface area contributed by atoms with Crippen LogP contribution in [-0.4, -0.2) is 30.6 Å². The minimum Gasteiger partial charge on any atom is -0.488 e. The van der Waals surface area contributed by atoms with Crippen molar-refractivity contribution in [3.8, 4) is 5.75 Å². The predicted octanol–water partition coefficient (Wildman–Crippen LogP) is 3.98. The molecule has 1 fully saturated rings. The van der Waals surface area contributed by atoms with Crippen molar-refractivity contribution in [3.63, 3.8) is 0 Å². The SMILES string of the molecule is CC1CCCN1CCCOc1c(F)cc(Br)cc1F. The lowest BCUT2D eigenvalue weighted by Gasteiger charge is -2.20. The van der Waals surface area contributed by atoms with Gasteiger partial charge in [0.1, 0.15) is 0 Å². The smallest absolute Gasteiger partial charge is 0.190 e. The number of halogens is 3. The average Bonchev–Trinajstić information content (AvgIpc) is 2.73. The fraction of sp³-hybridized carbons (Fsp3) is 0.571. The molecular weight excluding hydrogens is 316 g/mol. The fourth-order valence-corrected chi connectivity index (χ4v) is 2.84. The second-order valence-corrected chi connectivity index (χ2v) is 5.84. The van der Waals surface area contributed by atoms with Gasteiger partial charge in [-0.3, -0.25) is 0 Å². The molecule has 1 saturated heterocycles. The van der Waals surface area contributed by atoms with Crippen LogP contribution in [0.5, 0.6) is 5.75 Å². The largest absolute Gasteiger partial charge is 0.488 e. The quantitative estimate of drug-likeness (QED) is 0.755. The van der Waals surface area contributed by atoms with Crippen molar-refractivity contribution in [3.05, 3.63) is 28.2 Å². The molecule has 19 heavy (non-hydrogen) atoms. The van der Waals surface area contributed by atoms with Crippen molar-refractivity contribution in [2.24, 2.45) is 0 Å². The summed E-state index contributed by atoms with van der Waals surface area (Å²) in [4.78, 5) is 2.39. The van der Waals surface area contributed by atoms with Crippen molar-refractivity contribution in [2.45, 2.75) is 32.2 Å². The monoisotopic (exact) mass is 333 g/mol. The topological polar surface area (TPSA) is 12.5 Å². The van der Waals surface area contributed by atoms with Crippen LogP contribution in [0.15, 0.2) is 16.6 Å². The van der Waals surface area contributed by atoms with Gasteiger partial charge in [-0.2, -0.15) is 0 Å². The Morgan fingerprint density at radius 3 is 2.63 bits per heavy atom. The van der Waals surface area contributed by atoms with E-state index in [9.17, 15) is 8.78 Å². The Kier molecular flexibility index (Phi) is 5.16. The summed E-state index contributed by atoms with van der Waals surface area (Å²) in [6.07, 6.45) is 3.24. The van der Waals surface area contributed by atoms with Gasteiger partial charge >= 0.3 is 0 Å². The van der Waals surface area contributed by atoms with Gasteiger partial charge in [0, 0.05) is 17.1 Å². The highest BCUT2D eigenvalue weighted by atomic mass is 79.9. The number of rotatable bonds is 5. The standard InChI is InChI=1S/C14H18BrF2NO/c1-10-4-2-5-18(10)6-3-7-19-14-12(16)8-11(15)9-13(14)17/h8-10H,2-7H2,1H3. The van der Waals surface area contributed by atoms with Crippen LogP contribution in [0.4, 0.5) is 8.78 Å². The highest BCUT2D eigenvalue weighted by molar-refractivity contribution is 9.10. The van der Waals surface area contributed by atoms with E-state index in [4.69, 9.17) is 4.74 Å². The highest BCUT2D eigenvalue weighted by Crippen LogP contribution is 2.26. The molecule has 0 N–H and O–H groups in total. The lowest BCUT2D eigenvalue weighted by atomic mass is 10.2. The lowest BCUT2D eigenvalue weighted by Crippen LogP contribution is -2.28. The number of ether oxygens (including phenoxy) is 1. The molecule has 1 aliphatic heterocycles. The molecule has 0 bridgehead atoms. The average molecular weight is 334 g/mol. The van der Waals surface area contributed by atoms with Gasteiger partial charge in [0.2, 0.25) is 0 Å². The molecule has 5 heteroatoms. The number of hydrogen-bond donors (Lipinski definition) is 0. The molecule has 0 aliphatic carbocycles. The molecule has 0 aromatic heterocycles. The minimum absolute atomic E-state index is 0.280. The number of likely N-dealkylation sites (tertiary alicyclic amines) is 1. The second-order valence-electron chi connectivity index (χ2n) is 4.93. The van der Waals surface area contributed by atoms with Crippen LogP contribution in [0.3, 0.4) is 0 Å². The second kappa shape index (κ2) is 6.66.